The lowest BCUT2D eigenvalue weighted by Gasteiger charge is -2.37. The van der Waals surface area contributed by atoms with Gasteiger partial charge in [0.2, 0.25) is 0 Å². The van der Waals surface area contributed by atoms with Crippen molar-refractivity contribution < 1.29 is 4.79 Å². The first kappa shape index (κ1) is 13.6. The van der Waals surface area contributed by atoms with Crippen LogP contribution in [-0.2, 0) is 0 Å². The van der Waals surface area contributed by atoms with E-state index in [0.29, 0.717) is 6.04 Å². The molecule has 0 atom stereocenters. The number of amides is 1. The summed E-state index contributed by atoms with van der Waals surface area (Å²) in [5, 5.41) is 0. The second-order valence-corrected chi connectivity index (χ2v) is 5.85. The Morgan fingerprint density at radius 2 is 1.89 bits per heavy atom. The third-order valence-corrected chi connectivity index (χ3v) is 3.90. The molecule has 1 fully saturated rings. The summed E-state index contributed by atoms with van der Waals surface area (Å²) >= 11 is 3.40. The van der Waals surface area contributed by atoms with E-state index in [1.54, 1.807) is 0 Å². The zero-order valence-corrected chi connectivity index (χ0v) is 12.5. The van der Waals surface area contributed by atoms with Gasteiger partial charge >= 0.3 is 0 Å². The summed E-state index contributed by atoms with van der Waals surface area (Å²) in [6.07, 6.45) is 0. The molecular formula is C14H19BrN2O. The third kappa shape index (κ3) is 3.12. The van der Waals surface area contributed by atoms with Crippen molar-refractivity contribution in [3.05, 3.63) is 34.3 Å². The Morgan fingerprint density at radius 3 is 2.44 bits per heavy atom. The van der Waals surface area contributed by atoms with Crippen molar-refractivity contribution in [3.8, 4) is 0 Å². The van der Waals surface area contributed by atoms with Crippen LogP contribution >= 0.6 is 15.9 Å². The van der Waals surface area contributed by atoms with Gasteiger partial charge in [-0.05, 0) is 32.0 Å². The lowest BCUT2D eigenvalue weighted by molar-refractivity contribution is 0.0595. The van der Waals surface area contributed by atoms with E-state index in [9.17, 15) is 4.79 Å². The first-order chi connectivity index (χ1) is 8.58. The van der Waals surface area contributed by atoms with E-state index in [-0.39, 0.29) is 5.91 Å². The van der Waals surface area contributed by atoms with Crippen molar-refractivity contribution >= 4 is 21.8 Å². The molecule has 0 radical (unpaired) electrons. The van der Waals surface area contributed by atoms with Crippen LogP contribution in [-0.4, -0.2) is 47.9 Å². The van der Waals surface area contributed by atoms with Crippen molar-refractivity contribution in [2.45, 2.75) is 19.9 Å². The van der Waals surface area contributed by atoms with Crippen molar-refractivity contribution in [1.29, 1.82) is 0 Å². The standard InChI is InChI=1S/C14H19BrN2O/c1-11(2)16-6-8-17(9-7-16)14(18)12-4-3-5-13(15)10-12/h3-5,10-11H,6-9H2,1-2H3. The number of halogens is 1. The Hall–Kier alpha value is -0.870. The summed E-state index contributed by atoms with van der Waals surface area (Å²) in [7, 11) is 0. The van der Waals surface area contributed by atoms with Crippen LogP contribution in [0.5, 0.6) is 0 Å². The molecule has 1 aromatic rings. The molecule has 0 aromatic heterocycles. The van der Waals surface area contributed by atoms with Gasteiger partial charge in [-0.3, -0.25) is 9.69 Å². The summed E-state index contributed by atoms with van der Waals surface area (Å²) in [6.45, 7) is 7.99. The SMILES string of the molecule is CC(C)N1CCN(C(=O)c2cccc(Br)c2)CC1. The minimum Gasteiger partial charge on any atom is -0.336 e. The molecule has 3 nitrogen and oxygen atoms in total. The largest absolute Gasteiger partial charge is 0.336 e. The monoisotopic (exact) mass is 310 g/mol. The van der Waals surface area contributed by atoms with Crippen LogP contribution in [0.2, 0.25) is 0 Å². The van der Waals surface area contributed by atoms with Crippen LogP contribution in [0.4, 0.5) is 0 Å². The minimum atomic E-state index is 0.139. The topological polar surface area (TPSA) is 23.6 Å². The first-order valence-corrected chi connectivity index (χ1v) is 7.16. The number of nitrogens with zero attached hydrogens (tertiary/aromatic N) is 2. The molecule has 18 heavy (non-hydrogen) atoms. The van der Waals surface area contributed by atoms with Crippen molar-refractivity contribution in [1.82, 2.24) is 9.80 Å². The van der Waals surface area contributed by atoms with E-state index in [2.05, 4.69) is 34.7 Å². The van der Waals surface area contributed by atoms with E-state index < -0.39 is 0 Å². The quantitative estimate of drug-likeness (QED) is 0.838. The molecule has 4 heteroatoms. The van der Waals surface area contributed by atoms with E-state index in [0.717, 1.165) is 36.2 Å². The average Bonchev–Trinajstić information content (AvgIpc) is 2.38. The molecule has 0 unspecified atom stereocenters. The predicted molar refractivity (Wildman–Crippen MR) is 76.8 cm³/mol. The fraction of sp³-hybridized carbons (Fsp3) is 0.500. The van der Waals surface area contributed by atoms with Gasteiger partial charge in [0.15, 0.2) is 0 Å². The second-order valence-electron chi connectivity index (χ2n) is 4.93. The Morgan fingerprint density at radius 1 is 1.22 bits per heavy atom. The molecule has 1 amide bonds. The molecule has 0 spiro atoms. The molecule has 1 aliphatic heterocycles. The van der Waals surface area contributed by atoms with Gasteiger partial charge in [-0.15, -0.1) is 0 Å². The molecule has 0 aliphatic carbocycles. The number of piperazine rings is 1. The van der Waals surface area contributed by atoms with Crippen molar-refractivity contribution in [2.24, 2.45) is 0 Å². The maximum Gasteiger partial charge on any atom is 0.253 e. The minimum absolute atomic E-state index is 0.139. The zero-order valence-electron chi connectivity index (χ0n) is 10.9. The second kappa shape index (κ2) is 5.85. The molecule has 0 saturated carbocycles. The van der Waals surface area contributed by atoms with E-state index in [1.807, 2.05) is 29.2 Å². The molecule has 1 heterocycles. The summed E-state index contributed by atoms with van der Waals surface area (Å²) in [4.78, 5) is 16.7. The number of hydrogen-bond donors (Lipinski definition) is 0. The number of hydrogen-bond acceptors (Lipinski definition) is 2. The molecule has 0 N–H and O–H groups in total. The van der Waals surface area contributed by atoms with Crippen molar-refractivity contribution in [2.75, 3.05) is 26.2 Å². The Balaban J connectivity index is 1.99. The van der Waals surface area contributed by atoms with Crippen LogP contribution in [0, 0.1) is 0 Å². The highest BCUT2D eigenvalue weighted by Crippen LogP contribution is 2.15. The normalized spacial score (nSPS) is 17.2. The first-order valence-electron chi connectivity index (χ1n) is 6.37. The summed E-state index contributed by atoms with van der Waals surface area (Å²) in [5.41, 5.74) is 0.766. The van der Waals surface area contributed by atoms with Gasteiger partial charge in [0.25, 0.3) is 5.91 Å². The number of rotatable bonds is 2. The van der Waals surface area contributed by atoms with Gasteiger partial charge in [-0.2, -0.15) is 0 Å². The van der Waals surface area contributed by atoms with E-state index in [1.165, 1.54) is 0 Å². The van der Waals surface area contributed by atoms with E-state index >= 15 is 0 Å². The van der Waals surface area contributed by atoms with Crippen LogP contribution in [0.25, 0.3) is 0 Å². The molecule has 1 aliphatic rings. The lowest BCUT2D eigenvalue weighted by atomic mass is 10.1. The number of benzene rings is 1. The molecule has 98 valence electrons. The van der Waals surface area contributed by atoms with Crippen molar-refractivity contribution in [3.63, 3.8) is 0 Å². The molecule has 1 saturated heterocycles. The maximum atomic E-state index is 12.3. The smallest absolute Gasteiger partial charge is 0.253 e. The number of carbonyl (C=O) groups excluding carboxylic acids is 1. The Kier molecular flexibility index (Phi) is 4.40. The van der Waals surface area contributed by atoms with Gasteiger partial charge in [-0.1, -0.05) is 22.0 Å². The summed E-state index contributed by atoms with van der Waals surface area (Å²) < 4.78 is 0.953. The average molecular weight is 311 g/mol. The maximum absolute atomic E-state index is 12.3. The number of carbonyl (C=O) groups is 1. The summed E-state index contributed by atoms with van der Waals surface area (Å²) in [6, 6.07) is 8.17. The lowest BCUT2D eigenvalue weighted by Crippen LogP contribution is -2.50. The van der Waals surface area contributed by atoms with Crippen LogP contribution < -0.4 is 0 Å². The van der Waals surface area contributed by atoms with Gasteiger partial charge < -0.3 is 4.90 Å². The van der Waals surface area contributed by atoms with Gasteiger partial charge in [0.05, 0.1) is 0 Å². The fourth-order valence-corrected chi connectivity index (χ4v) is 2.64. The molecule has 1 aromatic carbocycles. The Bertz CT molecular complexity index is 426. The third-order valence-electron chi connectivity index (χ3n) is 3.40. The Labute approximate surface area is 117 Å². The van der Waals surface area contributed by atoms with Crippen LogP contribution in [0.15, 0.2) is 28.7 Å². The van der Waals surface area contributed by atoms with Gasteiger partial charge in [-0.25, -0.2) is 0 Å². The highest BCUT2D eigenvalue weighted by molar-refractivity contribution is 9.10. The molecular weight excluding hydrogens is 292 g/mol. The highest BCUT2D eigenvalue weighted by Gasteiger charge is 2.23. The van der Waals surface area contributed by atoms with Gasteiger partial charge in [0, 0.05) is 42.3 Å². The molecule has 2 rings (SSSR count). The van der Waals surface area contributed by atoms with Gasteiger partial charge in [0.1, 0.15) is 0 Å². The highest BCUT2D eigenvalue weighted by atomic mass is 79.9. The van der Waals surface area contributed by atoms with Crippen LogP contribution in [0.3, 0.4) is 0 Å². The fourth-order valence-electron chi connectivity index (χ4n) is 2.25. The predicted octanol–water partition coefficient (Wildman–Crippen LogP) is 2.62. The zero-order chi connectivity index (χ0) is 13.1. The summed E-state index contributed by atoms with van der Waals surface area (Å²) in [5.74, 6) is 0.139. The van der Waals surface area contributed by atoms with Crippen LogP contribution in [0.1, 0.15) is 24.2 Å². The van der Waals surface area contributed by atoms with E-state index in [4.69, 9.17) is 0 Å². The molecule has 0 bridgehead atoms.